The molecule has 0 bridgehead atoms. The quantitative estimate of drug-likeness (QED) is 0.859. The molecule has 1 aliphatic rings. The first-order valence-corrected chi connectivity index (χ1v) is 7.96. The summed E-state index contributed by atoms with van der Waals surface area (Å²) in [5, 5.41) is 10.7. The maximum Gasteiger partial charge on any atom is 0.306 e. The lowest BCUT2D eigenvalue weighted by Gasteiger charge is -2.32. The number of hydrogen-bond acceptors (Lipinski definition) is 5. The summed E-state index contributed by atoms with van der Waals surface area (Å²) >= 11 is 2.97. The number of thioether (sulfide) groups is 1. The van der Waals surface area contributed by atoms with E-state index in [1.54, 1.807) is 16.7 Å². The zero-order chi connectivity index (χ0) is 13.8. The predicted molar refractivity (Wildman–Crippen MR) is 74.0 cm³/mol. The Bertz CT molecular complexity index is 474. The monoisotopic (exact) mass is 301 g/mol. The fourth-order valence-corrected chi connectivity index (χ4v) is 3.69. The number of carboxylic acids is 1. The van der Waals surface area contributed by atoms with Crippen molar-refractivity contribution in [1.29, 1.82) is 0 Å². The highest BCUT2D eigenvalue weighted by Crippen LogP contribution is 2.27. The van der Waals surface area contributed by atoms with Gasteiger partial charge in [0, 0.05) is 18.0 Å². The van der Waals surface area contributed by atoms with E-state index in [0.717, 1.165) is 9.77 Å². The molecular formula is C12H15NO4S2. The van der Waals surface area contributed by atoms with Gasteiger partial charge in [0.25, 0.3) is 5.91 Å². The molecule has 0 aliphatic carbocycles. The first-order chi connectivity index (χ1) is 9.11. The highest BCUT2D eigenvalue weighted by atomic mass is 32.2. The van der Waals surface area contributed by atoms with Crippen molar-refractivity contribution in [3.05, 3.63) is 16.3 Å². The molecule has 1 aromatic rings. The number of morpholine rings is 1. The summed E-state index contributed by atoms with van der Waals surface area (Å²) in [4.78, 5) is 26.5. The van der Waals surface area contributed by atoms with Crippen molar-refractivity contribution in [2.75, 3.05) is 26.0 Å². The number of nitrogens with zero attached hydrogens (tertiary/aromatic N) is 1. The zero-order valence-electron chi connectivity index (χ0n) is 10.5. The average molecular weight is 301 g/mol. The predicted octanol–water partition coefficient (Wildman–Crippen LogP) is 1.79. The standard InChI is InChI=1S/C12H15NO4S2/c1-18-9-2-5-19-11(9)12(16)13-3-4-17-8(7-13)6-10(14)15/h2,5,8H,3-4,6-7H2,1H3,(H,14,15). The number of ether oxygens (including phenoxy) is 1. The second kappa shape index (κ2) is 6.40. The van der Waals surface area contributed by atoms with Crippen molar-refractivity contribution in [2.45, 2.75) is 17.4 Å². The van der Waals surface area contributed by atoms with E-state index in [4.69, 9.17) is 9.84 Å². The lowest BCUT2D eigenvalue weighted by molar-refractivity contribution is -0.141. The Kier molecular flexibility index (Phi) is 4.84. The molecule has 1 unspecified atom stereocenters. The van der Waals surface area contributed by atoms with Crippen molar-refractivity contribution in [3.63, 3.8) is 0 Å². The molecule has 0 saturated carbocycles. The minimum atomic E-state index is -0.903. The van der Waals surface area contributed by atoms with Crippen LogP contribution in [0, 0.1) is 0 Å². The van der Waals surface area contributed by atoms with E-state index >= 15 is 0 Å². The van der Waals surface area contributed by atoms with Crippen LogP contribution < -0.4 is 0 Å². The molecule has 1 aliphatic heterocycles. The van der Waals surface area contributed by atoms with Crippen LogP contribution in [0.25, 0.3) is 0 Å². The normalized spacial score (nSPS) is 19.4. The molecule has 7 heteroatoms. The Morgan fingerprint density at radius 1 is 1.63 bits per heavy atom. The SMILES string of the molecule is CSc1ccsc1C(=O)N1CCOC(CC(=O)O)C1. The zero-order valence-corrected chi connectivity index (χ0v) is 12.1. The topological polar surface area (TPSA) is 66.8 Å². The summed E-state index contributed by atoms with van der Waals surface area (Å²) in [7, 11) is 0. The van der Waals surface area contributed by atoms with Crippen LogP contribution in [0.1, 0.15) is 16.1 Å². The van der Waals surface area contributed by atoms with E-state index in [1.807, 2.05) is 17.7 Å². The van der Waals surface area contributed by atoms with Gasteiger partial charge in [0.2, 0.25) is 0 Å². The fraction of sp³-hybridized carbons (Fsp3) is 0.500. The van der Waals surface area contributed by atoms with Gasteiger partial charge in [-0.15, -0.1) is 23.1 Å². The molecule has 19 heavy (non-hydrogen) atoms. The second-order valence-corrected chi connectivity index (χ2v) is 5.92. The van der Waals surface area contributed by atoms with Gasteiger partial charge in [-0.2, -0.15) is 0 Å². The minimum Gasteiger partial charge on any atom is -0.481 e. The number of carbonyl (C=O) groups excluding carboxylic acids is 1. The van der Waals surface area contributed by atoms with Gasteiger partial charge in [0.15, 0.2) is 0 Å². The molecule has 0 spiro atoms. The first-order valence-electron chi connectivity index (χ1n) is 5.86. The summed E-state index contributed by atoms with van der Waals surface area (Å²) < 4.78 is 5.37. The lowest BCUT2D eigenvalue weighted by atomic mass is 10.2. The van der Waals surface area contributed by atoms with E-state index < -0.39 is 12.1 Å². The molecule has 1 N–H and O–H groups in total. The van der Waals surface area contributed by atoms with Crippen LogP contribution in [0.5, 0.6) is 0 Å². The third-order valence-electron chi connectivity index (χ3n) is 2.87. The fourth-order valence-electron chi connectivity index (χ4n) is 1.98. The van der Waals surface area contributed by atoms with E-state index in [9.17, 15) is 9.59 Å². The van der Waals surface area contributed by atoms with Crippen LogP contribution in [0.2, 0.25) is 0 Å². The molecule has 0 radical (unpaired) electrons. The van der Waals surface area contributed by atoms with Crippen LogP contribution in [0.4, 0.5) is 0 Å². The maximum absolute atomic E-state index is 12.4. The third-order valence-corrected chi connectivity index (χ3v) is 4.68. The number of carboxylic acid groups (broad SMARTS) is 1. The maximum atomic E-state index is 12.4. The Hall–Kier alpha value is -1.05. The molecule has 0 aromatic carbocycles. The number of aliphatic carboxylic acids is 1. The molecule has 1 aromatic heterocycles. The Morgan fingerprint density at radius 3 is 3.11 bits per heavy atom. The number of carbonyl (C=O) groups is 2. The van der Waals surface area contributed by atoms with Crippen molar-refractivity contribution in [1.82, 2.24) is 4.90 Å². The van der Waals surface area contributed by atoms with E-state index in [1.165, 1.54) is 11.3 Å². The van der Waals surface area contributed by atoms with Gasteiger partial charge in [0.1, 0.15) is 4.88 Å². The van der Waals surface area contributed by atoms with Crippen LogP contribution >= 0.6 is 23.1 Å². The molecule has 104 valence electrons. The smallest absolute Gasteiger partial charge is 0.306 e. The van der Waals surface area contributed by atoms with Gasteiger partial charge in [-0.1, -0.05) is 0 Å². The molecular weight excluding hydrogens is 286 g/mol. The molecule has 1 amide bonds. The summed E-state index contributed by atoms with van der Waals surface area (Å²) in [6, 6.07) is 1.93. The highest BCUT2D eigenvalue weighted by Gasteiger charge is 2.28. The first kappa shape index (κ1) is 14.4. The largest absolute Gasteiger partial charge is 0.481 e. The van der Waals surface area contributed by atoms with Crippen molar-refractivity contribution in [3.8, 4) is 0 Å². The Labute approximate surface area is 119 Å². The number of hydrogen-bond donors (Lipinski definition) is 1. The van der Waals surface area contributed by atoms with Gasteiger partial charge in [0.05, 0.1) is 19.1 Å². The van der Waals surface area contributed by atoms with Crippen molar-refractivity contribution in [2.24, 2.45) is 0 Å². The van der Waals surface area contributed by atoms with E-state index in [0.29, 0.717) is 19.7 Å². The number of thiophene rings is 1. The average Bonchev–Trinajstić information content (AvgIpc) is 2.85. The van der Waals surface area contributed by atoms with Crippen molar-refractivity contribution >= 4 is 35.0 Å². The van der Waals surface area contributed by atoms with Gasteiger partial charge in [-0.25, -0.2) is 0 Å². The molecule has 5 nitrogen and oxygen atoms in total. The molecule has 1 atom stereocenters. The Balaban J connectivity index is 2.05. The second-order valence-electron chi connectivity index (χ2n) is 4.16. The summed E-state index contributed by atoms with van der Waals surface area (Å²) in [5.41, 5.74) is 0. The lowest BCUT2D eigenvalue weighted by Crippen LogP contribution is -2.46. The third kappa shape index (κ3) is 3.49. The highest BCUT2D eigenvalue weighted by molar-refractivity contribution is 7.98. The van der Waals surface area contributed by atoms with E-state index in [-0.39, 0.29) is 12.3 Å². The van der Waals surface area contributed by atoms with Gasteiger partial charge in [-0.05, 0) is 17.7 Å². The number of amides is 1. The molecule has 2 rings (SSSR count). The van der Waals surface area contributed by atoms with Crippen LogP contribution in [-0.2, 0) is 9.53 Å². The van der Waals surface area contributed by atoms with Gasteiger partial charge in [-0.3, -0.25) is 9.59 Å². The van der Waals surface area contributed by atoms with Crippen molar-refractivity contribution < 1.29 is 19.4 Å². The van der Waals surface area contributed by atoms with Crippen LogP contribution in [0.15, 0.2) is 16.3 Å². The van der Waals surface area contributed by atoms with Crippen LogP contribution in [-0.4, -0.2) is 53.9 Å². The molecule has 2 heterocycles. The summed E-state index contributed by atoms with van der Waals surface area (Å²) in [6.45, 7) is 1.25. The molecule has 1 fully saturated rings. The summed E-state index contributed by atoms with van der Waals surface area (Å²) in [5.74, 6) is -0.932. The van der Waals surface area contributed by atoms with E-state index in [2.05, 4.69) is 0 Å². The summed E-state index contributed by atoms with van der Waals surface area (Å²) in [6.07, 6.45) is 1.46. The molecule has 1 saturated heterocycles. The Morgan fingerprint density at radius 2 is 2.42 bits per heavy atom. The van der Waals surface area contributed by atoms with Gasteiger partial charge < -0.3 is 14.7 Å². The number of rotatable bonds is 4. The van der Waals surface area contributed by atoms with Gasteiger partial charge >= 0.3 is 5.97 Å². The minimum absolute atomic E-state index is 0.0296. The van der Waals surface area contributed by atoms with Crippen LogP contribution in [0.3, 0.4) is 0 Å².